The number of pyridine rings is 1. The summed E-state index contributed by atoms with van der Waals surface area (Å²) in [6, 6.07) is 3.45. The van der Waals surface area contributed by atoms with E-state index >= 15 is 0 Å². The van der Waals surface area contributed by atoms with Crippen molar-refractivity contribution in [2.75, 3.05) is 11.9 Å². The predicted octanol–water partition coefficient (Wildman–Crippen LogP) is 1.57. The molecule has 6 nitrogen and oxygen atoms in total. The number of hydrogen-bond acceptors (Lipinski definition) is 4. The second-order valence-electron chi connectivity index (χ2n) is 4.49. The summed E-state index contributed by atoms with van der Waals surface area (Å²) in [4.78, 5) is 20.4. The molecule has 0 unspecified atom stereocenters. The average molecular weight is 273 g/mol. The smallest absolute Gasteiger partial charge is 0.251 e. The second-order valence-corrected chi connectivity index (χ2v) is 4.49. The van der Waals surface area contributed by atoms with Crippen LogP contribution in [0.15, 0.2) is 30.7 Å². The first-order chi connectivity index (χ1) is 9.70. The topological polar surface area (TPSA) is 71.8 Å². The van der Waals surface area contributed by atoms with Crippen LogP contribution in [0.2, 0.25) is 0 Å². The third kappa shape index (κ3) is 3.57. The van der Waals surface area contributed by atoms with Gasteiger partial charge >= 0.3 is 0 Å². The van der Waals surface area contributed by atoms with E-state index in [0.717, 1.165) is 24.6 Å². The molecule has 2 aromatic heterocycles. The zero-order valence-electron chi connectivity index (χ0n) is 11.8. The third-order valence-electron chi connectivity index (χ3n) is 2.91. The molecule has 0 aliphatic carbocycles. The molecule has 6 heteroatoms. The maximum atomic E-state index is 12.1. The minimum absolute atomic E-state index is 0.130. The monoisotopic (exact) mass is 273 g/mol. The fraction of sp³-hybridized carbons (Fsp3) is 0.357. The van der Waals surface area contributed by atoms with Gasteiger partial charge in [-0.15, -0.1) is 0 Å². The van der Waals surface area contributed by atoms with Crippen molar-refractivity contribution in [3.05, 3.63) is 42.1 Å². The molecule has 0 bridgehead atoms. The van der Waals surface area contributed by atoms with Crippen LogP contribution in [0.1, 0.15) is 29.5 Å². The first kappa shape index (κ1) is 14.0. The molecule has 106 valence electrons. The van der Waals surface area contributed by atoms with Crippen molar-refractivity contribution in [3.8, 4) is 0 Å². The minimum Gasteiger partial charge on any atom is -0.370 e. The summed E-state index contributed by atoms with van der Waals surface area (Å²) in [5, 5.41) is 6.01. The van der Waals surface area contributed by atoms with E-state index in [1.165, 1.54) is 0 Å². The van der Waals surface area contributed by atoms with E-state index in [-0.39, 0.29) is 5.91 Å². The molecule has 20 heavy (non-hydrogen) atoms. The first-order valence-corrected chi connectivity index (χ1v) is 6.65. The first-order valence-electron chi connectivity index (χ1n) is 6.65. The molecule has 0 aromatic carbocycles. The SMILES string of the molecule is CCCNc1cc(C(=O)NCc2nccn2C)ccn1. The molecular formula is C14H19N5O. The Kier molecular flexibility index (Phi) is 4.70. The number of rotatable bonds is 6. The summed E-state index contributed by atoms with van der Waals surface area (Å²) >= 11 is 0. The zero-order valence-corrected chi connectivity index (χ0v) is 11.8. The molecule has 0 fully saturated rings. The molecule has 1 amide bonds. The van der Waals surface area contributed by atoms with Crippen molar-refractivity contribution in [1.82, 2.24) is 19.9 Å². The van der Waals surface area contributed by atoms with Gasteiger partial charge in [-0.2, -0.15) is 0 Å². The largest absolute Gasteiger partial charge is 0.370 e. The van der Waals surface area contributed by atoms with Gasteiger partial charge in [-0.05, 0) is 18.6 Å². The Bertz CT molecular complexity index is 578. The Morgan fingerprint density at radius 2 is 2.20 bits per heavy atom. The molecule has 2 N–H and O–H groups in total. The molecular weight excluding hydrogens is 254 g/mol. The van der Waals surface area contributed by atoms with Crippen LogP contribution in [-0.2, 0) is 13.6 Å². The summed E-state index contributed by atoms with van der Waals surface area (Å²) in [5.74, 6) is 1.41. The van der Waals surface area contributed by atoms with Crippen LogP contribution in [0.3, 0.4) is 0 Å². The van der Waals surface area contributed by atoms with Gasteiger partial charge in [0, 0.05) is 37.7 Å². The lowest BCUT2D eigenvalue weighted by Crippen LogP contribution is -2.24. The Labute approximate surface area is 118 Å². The Morgan fingerprint density at radius 1 is 1.35 bits per heavy atom. The fourth-order valence-electron chi connectivity index (χ4n) is 1.75. The highest BCUT2D eigenvalue weighted by molar-refractivity contribution is 5.94. The molecule has 0 saturated carbocycles. The van der Waals surface area contributed by atoms with Gasteiger partial charge in [-0.3, -0.25) is 4.79 Å². The van der Waals surface area contributed by atoms with E-state index < -0.39 is 0 Å². The summed E-state index contributed by atoms with van der Waals surface area (Å²) in [6.45, 7) is 3.32. The van der Waals surface area contributed by atoms with E-state index in [2.05, 4.69) is 27.5 Å². The van der Waals surface area contributed by atoms with Gasteiger partial charge in [0.25, 0.3) is 5.91 Å². The number of hydrogen-bond donors (Lipinski definition) is 2. The molecule has 0 spiro atoms. The van der Waals surface area contributed by atoms with Crippen LogP contribution in [-0.4, -0.2) is 27.0 Å². The van der Waals surface area contributed by atoms with Gasteiger partial charge in [0.15, 0.2) is 0 Å². The van der Waals surface area contributed by atoms with Crippen LogP contribution in [0.5, 0.6) is 0 Å². The van der Waals surface area contributed by atoms with Crippen molar-refractivity contribution >= 4 is 11.7 Å². The predicted molar refractivity (Wildman–Crippen MR) is 77.4 cm³/mol. The summed E-state index contributed by atoms with van der Waals surface area (Å²) in [6.07, 6.45) is 6.20. The number of carbonyl (C=O) groups excluding carboxylic acids is 1. The zero-order chi connectivity index (χ0) is 14.4. The van der Waals surface area contributed by atoms with E-state index in [4.69, 9.17) is 0 Å². The third-order valence-corrected chi connectivity index (χ3v) is 2.91. The van der Waals surface area contributed by atoms with Gasteiger partial charge in [-0.1, -0.05) is 6.92 Å². The number of nitrogens with zero attached hydrogens (tertiary/aromatic N) is 3. The molecule has 2 rings (SSSR count). The van der Waals surface area contributed by atoms with Gasteiger partial charge in [0.2, 0.25) is 0 Å². The van der Waals surface area contributed by atoms with Crippen molar-refractivity contribution in [2.24, 2.45) is 7.05 Å². The number of aryl methyl sites for hydroxylation is 1. The van der Waals surface area contributed by atoms with E-state index in [1.807, 2.05) is 17.8 Å². The molecule has 0 radical (unpaired) electrons. The summed E-state index contributed by atoms with van der Waals surface area (Å²) in [5.41, 5.74) is 0.591. The maximum Gasteiger partial charge on any atom is 0.251 e. The highest BCUT2D eigenvalue weighted by Crippen LogP contribution is 2.07. The number of aromatic nitrogens is 3. The molecule has 0 saturated heterocycles. The lowest BCUT2D eigenvalue weighted by molar-refractivity contribution is 0.0949. The summed E-state index contributed by atoms with van der Waals surface area (Å²) < 4.78 is 1.88. The van der Waals surface area contributed by atoms with Gasteiger partial charge < -0.3 is 15.2 Å². The van der Waals surface area contributed by atoms with E-state index in [0.29, 0.717) is 12.1 Å². The number of nitrogens with one attached hydrogen (secondary N) is 2. The van der Waals surface area contributed by atoms with Crippen LogP contribution in [0, 0.1) is 0 Å². The quantitative estimate of drug-likeness (QED) is 0.838. The van der Waals surface area contributed by atoms with Crippen LogP contribution in [0.25, 0.3) is 0 Å². The van der Waals surface area contributed by atoms with Crippen molar-refractivity contribution < 1.29 is 4.79 Å². The molecule has 2 heterocycles. The lowest BCUT2D eigenvalue weighted by atomic mass is 10.2. The fourth-order valence-corrected chi connectivity index (χ4v) is 1.75. The lowest BCUT2D eigenvalue weighted by Gasteiger charge is -2.07. The van der Waals surface area contributed by atoms with E-state index in [9.17, 15) is 4.79 Å². The Balaban J connectivity index is 1.96. The summed E-state index contributed by atoms with van der Waals surface area (Å²) in [7, 11) is 1.90. The molecule has 0 atom stereocenters. The standard InChI is InChI=1S/C14H19N5O/c1-3-5-15-12-9-11(4-6-16-12)14(20)18-10-13-17-7-8-19(13)2/h4,6-9H,3,5,10H2,1-2H3,(H,15,16)(H,18,20). The van der Waals surface area contributed by atoms with Crippen molar-refractivity contribution in [1.29, 1.82) is 0 Å². The highest BCUT2D eigenvalue weighted by atomic mass is 16.1. The van der Waals surface area contributed by atoms with Crippen LogP contribution in [0.4, 0.5) is 5.82 Å². The maximum absolute atomic E-state index is 12.1. The Hall–Kier alpha value is -2.37. The molecule has 2 aromatic rings. The number of imidazole rings is 1. The molecule has 0 aliphatic rings. The van der Waals surface area contributed by atoms with Crippen molar-refractivity contribution in [2.45, 2.75) is 19.9 Å². The normalized spacial score (nSPS) is 10.3. The van der Waals surface area contributed by atoms with Crippen molar-refractivity contribution in [3.63, 3.8) is 0 Å². The second kappa shape index (κ2) is 6.70. The minimum atomic E-state index is -0.130. The van der Waals surface area contributed by atoms with E-state index in [1.54, 1.807) is 24.5 Å². The Morgan fingerprint density at radius 3 is 2.90 bits per heavy atom. The number of anilines is 1. The number of carbonyl (C=O) groups is 1. The van der Waals surface area contributed by atoms with Crippen LogP contribution >= 0.6 is 0 Å². The van der Waals surface area contributed by atoms with Gasteiger partial charge in [0.1, 0.15) is 11.6 Å². The highest BCUT2D eigenvalue weighted by Gasteiger charge is 2.08. The average Bonchev–Trinajstić information content (AvgIpc) is 2.88. The molecule has 0 aliphatic heterocycles. The van der Waals surface area contributed by atoms with Crippen LogP contribution < -0.4 is 10.6 Å². The van der Waals surface area contributed by atoms with Gasteiger partial charge in [0.05, 0.1) is 6.54 Å². The van der Waals surface area contributed by atoms with Gasteiger partial charge in [-0.25, -0.2) is 9.97 Å². The number of amides is 1.